The van der Waals surface area contributed by atoms with E-state index >= 15 is 0 Å². The largest absolute Gasteiger partial charge is 0.497 e. The lowest BCUT2D eigenvalue weighted by Gasteiger charge is -2.18. The number of carboxylic acids is 1. The number of nitrogens with two attached hydrogens (primary N) is 1. The van der Waals surface area contributed by atoms with Crippen molar-refractivity contribution >= 4 is 34.2 Å². The SMILES string of the molecule is COc1ccc(C(CC(=O)O)Sc2c(N)ccc3ccccc23)cc1. The summed E-state index contributed by atoms with van der Waals surface area (Å²) in [5.41, 5.74) is 7.79. The predicted molar refractivity (Wildman–Crippen MR) is 102 cm³/mol. The van der Waals surface area contributed by atoms with Gasteiger partial charge in [-0.2, -0.15) is 0 Å². The Labute approximate surface area is 150 Å². The van der Waals surface area contributed by atoms with Gasteiger partial charge in [-0.05, 0) is 34.5 Å². The van der Waals surface area contributed by atoms with Crippen LogP contribution in [0.4, 0.5) is 5.69 Å². The van der Waals surface area contributed by atoms with E-state index < -0.39 is 5.97 Å². The highest BCUT2D eigenvalue weighted by Gasteiger charge is 2.20. The van der Waals surface area contributed by atoms with Crippen LogP contribution in [0.5, 0.6) is 5.75 Å². The van der Waals surface area contributed by atoms with Crippen LogP contribution >= 0.6 is 11.8 Å². The minimum absolute atomic E-state index is 0.0135. The van der Waals surface area contributed by atoms with E-state index in [0.717, 1.165) is 27.0 Å². The van der Waals surface area contributed by atoms with Crippen LogP contribution in [-0.4, -0.2) is 18.2 Å². The van der Waals surface area contributed by atoms with E-state index in [1.807, 2.05) is 60.7 Å². The minimum Gasteiger partial charge on any atom is -0.497 e. The van der Waals surface area contributed by atoms with Crippen molar-refractivity contribution in [3.8, 4) is 5.75 Å². The van der Waals surface area contributed by atoms with Gasteiger partial charge in [-0.25, -0.2) is 0 Å². The van der Waals surface area contributed by atoms with E-state index in [2.05, 4.69) is 0 Å². The lowest BCUT2D eigenvalue weighted by molar-refractivity contribution is -0.137. The Hall–Kier alpha value is -2.66. The fourth-order valence-corrected chi connectivity index (χ4v) is 4.06. The molecule has 128 valence electrons. The maximum atomic E-state index is 11.4. The van der Waals surface area contributed by atoms with E-state index in [1.54, 1.807) is 7.11 Å². The third kappa shape index (κ3) is 3.88. The minimum atomic E-state index is -0.841. The third-order valence-electron chi connectivity index (χ3n) is 4.02. The van der Waals surface area contributed by atoms with Crippen molar-refractivity contribution in [2.75, 3.05) is 12.8 Å². The molecule has 0 bridgehead atoms. The van der Waals surface area contributed by atoms with Gasteiger partial charge in [0.15, 0.2) is 0 Å². The summed E-state index contributed by atoms with van der Waals surface area (Å²) >= 11 is 1.49. The Bertz CT molecular complexity index is 893. The second-order valence-corrected chi connectivity index (χ2v) is 6.90. The number of fused-ring (bicyclic) bond motifs is 1. The zero-order valence-corrected chi connectivity index (χ0v) is 14.6. The average Bonchev–Trinajstić information content (AvgIpc) is 2.63. The summed E-state index contributed by atoms with van der Waals surface area (Å²) in [5.74, 6) is -0.0976. The molecule has 0 spiro atoms. The van der Waals surface area contributed by atoms with Gasteiger partial charge in [0.25, 0.3) is 0 Å². The molecule has 1 unspecified atom stereocenters. The quantitative estimate of drug-likeness (QED) is 0.495. The first kappa shape index (κ1) is 17.2. The lowest BCUT2D eigenvalue weighted by atomic mass is 10.1. The van der Waals surface area contributed by atoms with Gasteiger partial charge in [0.05, 0.1) is 13.5 Å². The van der Waals surface area contributed by atoms with Gasteiger partial charge < -0.3 is 15.6 Å². The zero-order chi connectivity index (χ0) is 17.8. The highest BCUT2D eigenvalue weighted by molar-refractivity contribution is 8.00. The maximum absolute atomic E-state index is 11.4. The van der Waals surface area contributed by atoms with E-state index in [1.165, 1.54) is 11.8 Å². The Morgan fingerprint density at radius 3 is 2.52 bits per heavy atom. The monoisotopic (exact) mass is 353 g/mol. The summed E-state index contributed by atoms with van der Waals surface area (Å²) in [6, 6.07) is 19.3. The number of nitrogen functional groups attached to an aromatic ring is 1. The first-order valence-corrected chi connectivity index (χ1v) is 8.76. The van der Waals surface area contributed by atoms with E-state index in [4.69, 9.17) is 10.5 Å². The van der Waals surface area contributed by atoms with Crippen LogP contribution in [0.2, 0.25) is 0 Å². The molecule has 3 aromatic carbocycles. The normalized spacial score (nSPS) is 12.0. The molecule has 0 amide bonds. The molecule has 0 radical (unpaired) electrons. The summed E-state index contributed by atoms with van der Waals surface area (Å²) in [6.07, 6.45) is 0.0135. The molecule has 25 heavy (non-hydrogen) atoms. The molecule has 3 aromatic rings. The van der Waals surface area contributed by atoms with Crippen LogP contribution in [0.3, 0.4) is 0 Å². The number of benzene rings is 3. The van der Waals surface area contributed by atoms with Crippen molar-refractivity contribution in [3.63, 3.8) is 0 Å². The van der Waals surface area contributed by atoms with E-state index in [9.17, 15) is 9.90 Å². The van der Waals surface area contributed by atoms with Crippen molar-refractivity contribution in [1.82, 2.24) is 0 Å². The fourth-order valence-electron chi connectivity index (χ4n) is 2.74. The second kappa shape index (κ2) is 7.49. The molecule has 0 saturated heterocycles. The Kier molecular flexibility index (Phi) is 5.14. The average molecular weight is 353 g/mol. The lowest BCUT2D eigenvalue weighted by Crippen LogP contribution is -2.04. The molecule has 0 fully saturated rings. The molecule has 0 heterocycles. The Morgan fingerprint density at radius 1 is 1.12 bits per heavy atom. The number of methoxy groups -OCH3 is 1. The zero-order valence-electron chi connectivity index (χ0n) is 13.8. The van der Waals surface area contributed by atoms with Gasteiger partial charge >= 0.3 is 5.97 Å². The first-order valence-electron chi connectivity index (χ1n) is 7.88. The third-order valence-corrected chi connectivity index (χ3v) is 5.43. The molecular weight excluding hydrogens is 334 g/mol. The van der Waals surface area contributed by atoms with Gasteiger partial charge in [0.1, 0.15) is 5.75 Å². The molecule has 0 aliphatic heterocycles. The van der Waals surface area contributed by atoms with Crippen LogP contribution < -0.4 is 10.5 Å². The standard InChI is InChI=1S/C20H19NO3S/c1-24-15-9-6-14(7-10-15)18(12-19(22)23)25-20-16-5-3-2-4-13(16)8-11-17(20)21/h2-11,18H,12,21H2,1H3,(H,22,23). The summed E-state index contributed by atoms with van der Waals surface area (Å²) in [6.45, 7) is 0. The van der Waals surface area contributed by atoms with Gasteiger partial charge in [0, 0.05) is 15.8 Å². The molecular formula is C20H19NO3S. The smallest absolute Gasteiger partial charge is 0.304 e. The number of anilines is 1. The summed E-state index contributed by atoms with van der Waals surface area (Å²) in [7, 11) is 1.61. The Morgan fingerprint density at radius 2 is 1.84 bits per heavy atom. The predicted octanol–water partition coefficient (Wildman–Crippen LogP) is 4.74. The molecule has 4 nitrogen and oxygen atoms in total. The van der Waals surface area contributed by atoms with Crippen LogP contribution in [0.15, 0.2) is 65.6 Å². The molecule has 3 N–H and O–H groups in total. The number of carbonyl (C=O) groups is 1. The van der Waals surface area contributed by atoms with Crippen LogP contribution in [-0.2, 0) is 4.79 Å². The topological polar surface area (TPSA) is 72.5 Å². The number of carboxylic acid groups (broad SMARTS) is 1. The van der Waals surface area contributed by atoms with Crippen molar-refractivity contribution in [1.29, 1.82) is 0 Å². The molecule has 0 aliphatic carbocycles. The van der Waals surface area contributed by atoms with Crippen LogP contribution in [0.25, 0.3) is 10.8 Å². The molecule has 0 saturated carbocycles. The molecule has 1 atom stereocenters. The molecule has 3 rings (SSSR count). The fraction of sp³-hybridized carbons (Fsp3) is 0.150. The van der Waals surface area contributed by atoms with Crippen molar-refractivity contribution in [2.24, 2.45) is 0 Å². The van der Waals surface area contributed by atoms with Crippen LogP contribution in [0.1, 0.15) is 17.2 Å². The molecule has 0 aliphatic rings. The van der Waals surface area contributed by atoms with Crippen LogP contribution in [0, 0.1) is 0 Å². The van der Waals surface area contributed by atoms with Crippen molar-refractivity contribution < 1.29 is 14.6 Å². The number of rotatable bonds is 6. The van der Waals surface area contributed by atoms with E-state index in [-0.39, 0.29) is 11.7 Å². The number of ether oxygens (including phenoxy) is 1. The second-order valence-electron chi connectivity index (χ2n) is 5.68. The number of aliphatic carboxylic acids is 1. The number of hydrogen-bond acceptors (Lipinski definition) is 4. The van der Waals surface area contributed by atoms with Gasteiger partial charge in [-0.15, -0.1) is 11.8 Å². The molecule has 0 aromatic heterocycles. The van der Waals surface area contributed by atoms with Gasteiger partial charge in [-0.3, -0.25) is 4.79 Å². The van der Waals surface area contributed by atoms with E-state index in [0.29, 0.717) is 5.69 Å². The maximum Gasteiger partial charge on any atom is 0.304 e. The Balaban J connectivity index is 2.00. The van der Waals surface area contributed by atoms with Crippen molar-refractivity contribution in [3.05, 3.63) is 66.2 Å². The van der Waals surface area contributed by atoms with Crippen molar-refractivity contribution in [2.45, 2.75) is 16.6 Å². The molecule has 5 heteroatoms. The number of hydrogen-bond donors (Lipinski definition) is 2. The summed E-state index contributed by atoms with van der Waals surface area (Å²) in [4.78, 5) is 12.3. The highest BCUT2D eigenvalue weighted by atomic mass is 32.2. The number of thioether (sulfide) groups is 1. The van der Waals surface area contributed by atoms with Gasteiger partial charge in [-0.1, -0.05) is 42.5 Å². The first-order chi connectivity index (χ1) is 12.1. The highest BCUT2D eigenvalue weighted by Crippen LogP contribution is 2.43. The summed E-state index contributed by atoms with van der Waals surface area (Å²) < 4.78 is 5.18. The summed E-state index contributed by atoms with van der Waals surface area (Å²) in [5, 5.41) is 11.2. The van der Waals surface area contributed by atoms with Gasteiger partial charge in [0.2, 0.25) is 0 Å².